The van der Waals surface area contributed by atoms with Crippen LogP contribution in [0.25, 0.3) is 11.4 Å². The van der Waals surface area contributed by atoms with Crippen LogP contribution in [0.1, 0.15) is 55.8 Å². The lowest BCUT2D eigenvalue weighted by molar-refractivity contribution is -0.143. The summed E-state index contributed by atoms with van der Waals surface area (Å²) in [6, 6.07) is 13.6. The van der Waals surface area contributed by atoms with Crippen molar-refractivity contribution in [1.29, 1.82) is 0 Å². The van der Waals surface area contributed by atoms with Gasteiger partial charge in [0, 0.05) is 57.3 Å². The topological polar surface area (TPSA) is 127 Å². The number of ether oxygens (including phenoxy) is 1. The largest absolute Gasteiger partial charge is 0.507 e. The molecule has 0 radical (unpaired) electrons. The molecule has 12 nitrogen and oxygen atoms in total. The molecule has 3 aliphatic rings. The van der Waals surface area contributed by atoms with Crippen molar-refractivity contribution in [2.45, 2.75) is 71.6 Å². The van der Waals surface area contributed by atoms with Crippen molar-refractivity contribution >= 4 is 12.0 Å². The molecule has 3 saturated heterocycles. The summed E-state index contributed by atoms with van der Waals surface area (Å²) in [5.41, 5.74) is 2.83. The number of aryl methyl sites for hydroxylation is 2. The number of H-pyrrole nitrogens is 1. The fourth-order valence-corrected chi connectivity index (χ4v) is 7.23. The van der Waals surface area contributed by atoms with E-state index in [-0.39, 0.29) is 37.2 Å². The van der Waals surface area contributed by atoms with Crippen molar-refractivity contribution in [3.8, 4) is 17.1 Å². The minimum atomic E-state index is -0.985. The third kappa shape index (κ3) is 7.92. The number of aromatic nitrogens is 3. The van der Waals surface area contributed by atoms with E-state index in [9.17, 15) is 19.5 Å². The van der Waals surface area contributed by atoms with Gasteiger partial charge in [-0.2, -0.15) is 0 Å². The highest BCUT2D eigenvalue weighted by Gasteiger charge is 2.35. The molecular formula is C36H51N7O5. The number of nitrogens with one attached hydrogen (secondary N) is 1. The SMILES string of the molecule is C.Cc1cc(C[C@@H](OC(=O)N2CCC(n3nc(-c4ccccc4)[nH]c3=O)CC2)C(=O)N2CCN(C3CCN(C)CC3)CC2)cc(C)c1O. The first-order valence-corrected chi connectivity index (χ1v) is 16.9. The number of carbonyl (C=O) groups excluding carboxylic acids is 2. The molecule has 0 unspecified atom stereocenters. The van der Waals surface area contributed by atoms with Gasteiger partial charge in [0.15, 0.2) is 11.9 Å². The number of phenolic OH excluding ortho intramolecular Hbond substituents is 1. The van der Waals surface area contributed by atoms with Crippen molar-refractivity contribution in [3.63, 3.8) is 0 Å². The summed E-state index contributed by atoms with van der Waals surface area (Å²) in [6.45, 7) is 9.43. The van der Waals surface area contributed by atoms with Gasteiger partial charge in [-0.3, -0.25) is 14.7 Å². The van der Waals surface area contributed by atoms with E-state index in [2.05, 4.69) is 26.9 Å². The predicted octanol–water partition coefficient (Wildman–Crippen LogP) is 3.82. The van der Waals surface area contributed by atoms with Gasteiger partial charge >= 0.3 is 11.8 Å². The zero-order chi connectivity index (χ0) is 33.1. The fraction of sp³-hybridized carbons (Fsp3) is 0.556. The number of nitrogens with zero attached hydrogens (tertiary/aromatic N) is 6. The van der Waals surface area contributed by atoms with Crippen molar-refractivity contribution in [2.75, 3.05) is 59.4 Å². The molecule has 0 saturated carbocycles. The van der Waals surface area contributed by atoms with Crippen molar-refractivity contribution in [3.05, 3.63) is 69.6 Å². The Hall–Kier alpha value is -4.16. The standard InChI is InChI=1S/C35H47N7O5.CH4/c1-24-21-26(22-25(2)31(24)43)23-30(33(44)40-19-17-39(18-20-40)28-9-13-38(3)14-10-28)47-35(46)41-15-11-29(12-16-41)42-34(45)36-32(37-42)27-7-5-4-6-8-27;/h4-8,21-22,28-30,43H,9-20,23H2,1-3H3,(H,36,37,45);1H4/t30-;/m1./s1. The summed E-state index contributed by atoms with van der Waals surface area (Å²) >= 11 is 0. The molecule has 3 aliphatic heterocycles. The minimum Gasteiger partial charge on any atom is -0.507 e. The number of rotatable bonds is 7. The maximum absolute atomic E-state index is 14.0. The highest BCUT2D eigenvalue weighted by Crippen LogP contribution is 2.26. The number of carbonyl (C=O) groups is 2. The summed E-state index contributed by atoms with van der Waals surface area (Å²) in [6.07, 6.45) is 2.08. The van der Waals surface area contributed by atoms with Crippen LogP contribution in [0.15, 0.2) is 47.3 Å². The molecule has 0 bridgehead atoms. The van der Waals surface area contributed by atoms with E-state index in [0.717, 1.165) is 61.3 Å². The van der Waals surface area contributed by atoms with Crippen LogP contribution in [0.4, 0.5) is 4.79 Å². The van der Waals surface area contributed by atoms with Crippen molar-refractivity contribution < 1.29 is 19.4 Å². The van der Waals surface area contributed by atoms with Crippen molar-refractivity contribution in [2.24, 2.45) is 0 Å². The summed E-state index contributed by atoms with van der Waals surface area (Å²) in [7, 11) is 2.16. The lowest BCUT2D eigenvalue weighted by Gasteiger charge is -2.42. The van der Waals surface area contributed by atoms with Crippen LogP contribution in [0.3, 0.4) is 0 Å². The lowest BCUT2D eigenvalue weighted by Crippen LogP contribution is -2.56. The van der Waals surface area contributed by atoms with Gasteiger partial charge in [-0.1, -0.05) is 49.9 Å². The Kier molecular flexibility index (Phi) is 11.3. The number of hydrogen-bond donors (Lipinski definition) is 2. The molecule has 2 N–H and O–H groups in total. The number of likely N-dealkylation sites (tertiary alicyclic amines) is 2. The maximum atomic E-state index is 14.0. The second-order valence-electron chi connectivity index (χ2n) is 13.4. The van der Waals surface area contributed by atoms with Crippen molar-refractivity contribution in [1.82, 2.24) is 34.4 Å². The van der Waals surface area contributed by atoms with Gasteiger partial charge in [0.05, 0.1) is 6.04 Å². The fourth-order valence-electron chi connectivity index (χ4n) is 7.23. The van der Waals surface area contributed by atoms with Gasteiger partial charge < -0.3 is 24.5 Å². The Morgan fingerprint density at radius 2 is 1.50 bits per heavy atom. The Morgan fingerprint density at radius 3 is 2.12 bits per heavy atom. The molecule has 48 heavy (non-hydrogen) atoms. The number of amides is 2. The van der Waals surface area contributed by atoms with E-state index >= 15 is 0 Å². The van der Waals surface area contributed by atoms with Gasteiger partial charge in [0.1, 0.15) is 5.75 Å². The Morgan fingerprint density at radius 1 is 0.896 bits per heavy atom. The number of aromatic amines is 1. The van der Waals surface area contributed by atoms with E-state index < -0.39 is 12.2 Å². The monoisotopic (exact) mass is 661 g/mol. The molecular weight excluding hydrogens is 610 g/mol. The molecule has 4 heterocycles. The third-order valence-electron chi connectivity index (χ3n) is 10.1. The van der Waals surface area contributed by atoms with Gasteiger partial charge in [0.25, 0.3) is 5.91 Å². The van der Waals surface area contributed by atoms with Gasteiger partial charge in [0.2, 0.25) is 0 Å². The van der Waals surface area contributed by atoms with E-state index in [1.54, 1.807) is 4.90 Å². The second kappa shape index (κ2) is 15.4. The van der Waals surface area contributed by atoms with E-state index in [4.69, 9.17) is 4.74 Å². The van der Waals surface area contributed by atoms with E-state index in [1.807, 2.05) is 61.2 Å². The van der Waals surface area contributed by atoms with Gasteiger partial charge in [-0.25, -0.2) is 14.3 Å². The maximum Gasteiger partial charge on any atom is 0.410 e. The van der Waals surface area contributed by atoms with Gasteiger partial charge in [-0.15, -0.1) is 5.10 Å². The van der Waals surface area contributed by atoms with E-state index in [1.165, 1.54) is 4.68 Å². The second-order valence-corrected chi connectivity index (χ2v) is 13.4. The third-order valence-corrected chi connectivity index (χ3v) is 10.1. The lowest BCUT2D eigenvalue weighted by atomic mass is 10.00. The summed E-state index contributed by atoms with van der Waals surface area (Å²) < 4.78 is 7.51. The molecule has 3 fully saturated rings. The number of aromatic hydroxyl groups is 1. The number of piperidine rings is 2. The number of benzene rings is 2. The quantitative estimate of drug-likeness (QED) is 0.392. The molecule has 3 aromatic rings. The molecule has 2 amide bonds. The normalized spacial score (nSPS) is 19.1. The van der Waals surface area contributed by atoms with E-state index in [0.29, 0.717) is 50.9 Å². The zero-order valence-corrected chi connectivity index (χ0v) is 27.7. The average molecular weight is 662 g/mol. The van der Waals surface area contributed by atoms with Crippen LogP contribution in [0.5, 0.6) is 5.75 Å². The molecule has 0 aliphatic carbocycles. The molecule has 260 valence electrons. The highest BCUT2D eigenvalue weighted by atomic mass is 16.6. The molecule has 1 aromatic heterocycles. The number of piperazine rings is 1. The molecule has 6 rings (SSSR count). The summed E-state index contributed by atoms with van der Waals surface area (Å²) in [5.74, 6) is 0.565. The number of hydrogen-bond acceptors (Lipinski definition) is 8. The first kappa shape index (κ1) is 35.2. The summed E-state index contributed by atoms with van der Waals surface area (Å²) in [5, 5.41) is 14.9. The summed E-state index contributed by atoms with van der Waals surface area (Å²) in [4.78, 5) is 51.4. The van der Waals surface area contributed by atoms with Crippen LogP contribution < -0.4 is 5.69 Å². The minimum absolute atomic E-state index is 0. The highest BCUT2D eigenvalue weighted by molar-refractivity contribution is 5.84. The number of phenols is 1. The average Bonchev–Trinajstić information content (AvgIpc) is 3.48. The smallest absolute Gasteiger partial charge is 0.410 e. The first-order chi connectivity index (χ1) is 22.7. The molecule has 1 atom stereocenters. The zero-order valence-electron chi connectivity index (χ0n) is 27.7. The van der Waals surface area contributed by atoms with Gasteiger partial charge in [-0.05, 0) is 76.4 Å². The van der Waals surface area contributed by atoms with Crippen LogP contribution in [-0.2, 0) is 16.0 Å². The molecule has 2 aromatic carbocycles. The Bertz CT molecular complexity index is 1580. The predicted molar refractivity (Wildman–Crippen MR) is 185 cm³/mol. The Labute approximate surface area is 283 Å². The molecule has 0 spiro atoms. The van der Waals surface area contributed by atoms with Crippen LogP contribution >= 0.6 is 0 Å². The Balaban J connectivity index is 0.00000451. The van der Waals surface area contributed by atoms with Crippen LogP contribution in [0.2, 0.25) is 0 Å². The van der Waals surface area contributed by atoms with Crippen LogP contribution in [-0.4, -0.2) is 123 Å². The first-order valence-electron chi connectivity index (χ1n) is 16.9. The molecule has 12 heteroatoms. The van der Waals surface area contributed by atoms with Crippen LogP contribution in [0, 0.1) is 13.8 Å².